The summed E-state index contributed by atoms with van der Waals surface area (Å²) in [6.45, 7) is 3.92. The smallest absolute Gasteiger partial charge is 0.254 e. The Balaban J connectivity index is 3.04. The monoisotopic (exact) mass is 330 g/mol. The Morgan fingerprint density at radius 2 is 2.17 bits per heavy atom. The van der Waals surface area contributed by atoms with Crippen molar-refractivity contribution < 1.29 is 4.79 Å². The lowest BCUT2D eigenvalue weighted by atomic mass is 10.1. The fraction of sp³-hybridized carbons (Fsp3) is 0.462. The second kappa shape index (κ2) is 6.48. The maximum Gasteiger partial charge on any atom is 0.254 e. The van der Waals surface area contributed by atoms with E-state index in [0.29, 0.717) is 11.3 Å². The number of rotatable bonds is 4. The third-order valence-corrected chi connectivity index (χ3v) is 4.31. The van der Waals surface area contributed by atoms with Crippen molar-refractivity contribution in [3.8, 4) is 0 Å². The number of nitrogens with zero attached hydrogens (tertiary/aromatic N) is 1. The molecule has 0 aliphatic heterocycles. The second-order valence-electron chi connectivity index (χ2n) is 4.39. The summed E-state index contributed by atoms with van der Waals surface area (Å²) in [4.78, 5) is 14.2. The van der Waals surface area contributed by atoms with E-state index in [0.717, 1.165) is 15.8 Å². The summed E-state index contributed by atoms with van der Waals surface area (Å²) >= 11 is 5.11. The van der Waals surface area contributed by atoms with Crippen LogP contribution in [0.25, 0.3) is 0 Å². The highest BCUT2D eigenvalue weighted by molar-refractivity contribution is 9.10. The number of anilines is 1. The standard InChI is InChI=1S/C13H19BrN2OS/c1-8(7-18-4)16(3)13(17)11-5-10(14)6-12(15)9(11)2/h5-6,8H,7,15H2,1-4H3. The van der Waals surface area contributed by atoms with E-state index in [1.807, 2.05) is 39.3 Å². The number of thioether (sulfide) groups is 1. The highest BCUT2D eigenvalue weighted by atomic mass is 79.9. The summed E-state index contributed by atoms with van der Waals surface area (Å²) in [5, 5.41) is 0. The fourth-order valence-corrected chi connectivity index (χ4v) is 2.85. The van der Waals surface area contributed by atoms with E-state index in [1.165, 1.54) is 0 Å². The zero-order valence-corrected chi connectivity index (χ0v) is 13.6. The van der Waals surface area contributed by atoms with Gasteiger partial charge < -0.3 is 10.6 Å². The van der Waals surface area contributed by atoms with Gasteiger partial charge in [0, 0.05) is 34.6 Å². The van der Waals surface area contributed by atoms with Crippen LogP contribution in [-0.2, 0) is 0 Å². The molecule has 2 N–H and O–H groups in total. The second-order valence-corrected chi connectivity index (χ2v) is 6.21. The van der Waals surface area contributed by atoms with Crippen LogP contribution in [0.15, 0.2) is 16.6 Å². The minimum absolute atomic E-state index is 0.0158. The van der Waals surface area contributed by atoms with Gasteiger partial charge in [0.2, 0.25) is 0 Å². The van der Waals surface area contributed by atoms with Crippen LogP contribution in [0.4, 0.5) is 5.69 Å². The van der Waals surface area contributed by atoms with Crippen molar-refractivity contribution in [3.05, 3.63) is 27.7 Å². The van der Waals surface area contributed by atoms with Crippen molar-refractivity contribution in [3.63, 3.8) is 0 Å². The molecule has 0 radical (unpaired) electrons. The van der Waals surface area contributed by atoms with Crippen molar-refractivity contribution in [2.24, 2.45) is 0 Å². The molecule has 0 spiro atoms. The third-order valence-electron chi connectivity index (χ3n) is 3.03. The lowest BCUT2D eigenvalue weighted by Crippen LogP contribution is -2.37. The average molecular weight is 331 g/mol. The van der Waals surface area contributed by atoms with E-state index >= 15 is 0 Å². The molecule has 1 amide bonds. The number of carbonyl (C=O) groups is 1. The number of nitrogens with two attached hydrogens (primary N) is 1. The first kappa shape index (κ1) is 15.4. The van der Waals surface area contributed by atoms with Crippen molar-refractivity contribution in [2.75, 3.05) is 24.8 Å². The van der Waals surface area contributed by atoms with Crippen molar-refractivity contribution in [1.82, 2.24) is 4.90 Å². The quantitative estimate of drug-likeness (QED) is 0.862. The van der Waals surface area contributed by atoms with Gasteiger partial charge in [0.1, 0.15) is 0 Å². The van der Waals surface area contributed by atoms with E-state index in [1.54, 1.807) is 16.7 Å². The van der Waals surface area contributed by atoms with Crippen LogP contribution in [0.5, 0.6) is 0 Å². The van der Waals surface area contributed by atoms with Gasteiger partial charge in [-0.05, 0) is 37.8 Å². The summed E-state index contributed by atoms with van der Waals surface area (Å²) in [5.41, 5.74) is 8.03. The molecule has 3 nitrogen and oxygen atoms in total. The normalized spacial score (nSPS) is 12.3. The molecule has 1 atom stereocenters. The number of carbonyl (C=O) groups excluding carboxylic acids is 1. The fourth-order valence-electron chi connectivity index (χ4n) is 1.67. The Bertz CT molecular complexity index is 451. The average Bonchev–Trinajstić information content (AvgIpc) is 2.32. The summed E-state index contributed by atoms with van der Waals surface area (Å²) in [6, 6.07) is 3.85. The Hall–Kier alpha value is -0.680. The lowest BCUT2D eigenvalue weighted by molar-refractivity contribution is 0.0757. The van der Waals surface area contributed by atoms with Crippen molar-refractivity contribution in [2.45, 2.75) is 19.9 Å². The zero-order valence-electron chi connectivity index (χ0n) is 11.2. The molecule has 0 bridgehead atoms. The highest BCUT2D eigenvalue weighted by Gasteiger charge is 2.20. The Labute approximate surface area is 121 Å². The Morgan fingerprint density at radius 3 is 2.72 bits per heavy atom. The molecule has 1 rings (SSSR count). The third kappa shape index (κ3) is 3.42. The van der Waals surface area contributed by atoms with Crippen LogP contribution in [0.1, 0.15) is 22.8 Å². The number of nitrogen functional groups attached to an aromatic ring is 1. The van der Waals surface area contributed by atoms with Gasteiger partial charge in [-0.3, -0.25) is 4.79 Å². The van der Waals surface area contributed by atoms with Gasteiger partial charge in [0.15, 0.2) is 0 Å². The van der Waals surface area contributed by atoms with E-state index in [4.69, 9.17) is 5.73 Å². The van der Waals surface area contributed by atoms with Crippen LogP contribution in [0, 0.1) is 6.92 Å². The minimum atomic E-state index is 0.0158. The summed E-state index contributed by atoms with van der Waals surface area (Å²) < 4.78 is 0.833. The van der Waals surface area contributed by atoms with Crippen LogP contribution in [-0.4, -0.2) is 35.9 Å². The van der Waals surface area contributed by atoms with Crippen LogP contribution >= 0.6 is 27.7 Å². The summed E-state index contributed by atoms with van der Waals surface area (Å²) in [6.07, 6.45) is 2.04. The van der Waals surface area contributed by atoms with E-state index in [2.05, 4.69) is 15.9 Å². The summed E-state index contributed by atoms with van der Waals surface area (Å²) in [7, 11) is 1.83. The van der Waals surface area contributed by atoms with Gasteiger partial charge in [-0.25, -0.2) is 0 Å². The van der Waals surface area contributed by atoms with Crippen LogP contribution < -0.4 is 5.73 Å². The minimum Gasteiger partial charge on any atom is -0.398 e. The molecule has 100 valence electrons. The lowest BCUT2D eigenvalue weighted by Gasteiger charge is -2.25. The molecule has 0 aliphatic rings. The van der Waals surface area contributed by atoms with Gasteiger partial charge in [0.05, 0.1) is 0 Å². The molecule has 1 aromatic carbocycles. The first-order chi connectivity index (χ1) is 8.38. The van der Waals surface area contributed by atoms with Gasteiger partial charge in [-0.1, -0.05) is 15.9 Å². The topological polar surface area (TPSA) is 46.3 Å². The molecule has 0 heterocycles. The van der Waals surface area contributed by atoms with Crippen LogP contribution in [0.2, 0.25) is 0 Å². The molecular weight excluding hydrogens is 312 g/mol. The number of amides is 1. The molecule has 0 fully saturated rings. The predicted molar refractivity (Wildman–Crippen MR) is 83.2 cm³/mol. The van der Waals surface area contributed by atoms with E-state index in [9.17, 15) is 4.79 Å². The molecule has 1 aromatic rings. The summed E-state index contributed by atoms with van der Waals surface area (Å²) in [5.74, 6) is 0.937. The Kier molecular flexibility index (Phi) is 5.53. The number of hydrogen-bond donors (Lipinski definition) is 1. The first-order valence-corrected chi connectivity index (χ1v) is 7.88. The number of hydrogen-bond acceptors (Lipinski definition) is 3. The van der Waals surface area contributed by atoms with Gasteiger partial charge in [-0.15, -0.1) is 0 Å². The SMILES string of the molecule is CSCC(C)N(C)C(=O)c1cc(Br)cc(N)c1C. The van der Waals surface area contributed by atoms with Crippen LogP contribution in [0.3, 0.4) is 0 Å². The van der Waals surface area contributed by atoms with Gasteiger partial charge in [-0.2, -0.15) is 11.8 Å². The Morgan fingerprint density at radius 1 is 1.56 bits per heavy atom. The predicted octanol–water partition coefficient (Wildman–Crippen LogP) is 3.16. The maximum absolute atomic E-state index is 12.4. The molecule has 0 aliphatic carbocycles. The van der Waals surface area contributed by atoms with Gasteiger partial charge in [0.25, 0.3) is 5.91 Å². The molecule has 5 heteroatoms. The molecule has 0 saturated carbocycles. The molecule has 0 saturated heterocycles. The highest BCUT2D eigenvalue weighted by Crippen LogP contribution is 2.24. The molecule has 0 aromatic heterocycles. The molecule has 18 heavy (non-hydrogen) atoms. The van der Waals surface area contributed by atoms with E-state index < -0.39 is 0 Å². The molecular formula is C13H19BrN2OS. The first-order valence-electron chi connectivity index (χ1n) is 5.70. The van der Waals surface area contributed by atoms with Crippen molar-refractivity contribution in [1.29, 1.82) is 0 Å². The number of benzene rings is 1. The van der Waals surface area contributed by atoms with E-state index in [-0.39, 0.29) is 11.9 Å². The van der Waals surface area contributed by atoms with Gasteiger partial charge >= 0.3 is 0 Å². The maximum atomic E-state index is 12.4. The largest absolute Gasteiger partial charge is 0.398 e. The molecule has 1 unspecified atom stereocenters. The van der Waals surface area contributed by atoms with Crippen molar-refractivity contribution >= 4 is 39.3 Å². The number of halogens is 1. The zero-order chi connectivity index (χ0) is 13.9.